The van der Waals surface area contributed by atoms with Gasteiger partial charge in [-0.05, 0) is 45.1 Å². The van der Waals surface area contributed by atoms with E-state index in [0.29, 0.717) is 18.2 Å². The lowest BCUT2D eigenvalue weighted by atomic mass is 9.95. The van der Waals surface area contributed by atoms with Gasteiger partial charge >= 0.3 is 0 Å². The molecular formula is C17H22N2O2. The Morgan fingerprint density at radius 2 is 2.14 bits per heavy atom. The second-order valence-corrected chi connectivity index (χ2v) is 6.36. The van der Waals surface area contributed by atoms with E-state index in [9.17, 15) is 4.79 Å². The molecule has 1 fully saturated rings. The van der Waals surface area contributed by atoms with Crippen molar-refractivity contribution in [3.63, 3.8) is 0 Å². The van der Waals surface area contributed by atoms with Crippen molar-refractivity contribution in [3.8, 4) is 0 Å². The number of benzene rings is 1. The van der Waals surface area contributed by atoms with Gasteiger partial charge in [0.2, 0.25) is 0 Å². The van der Waals surface area contributed by atoms with E-state index in [1.54, 1.807) is 0 Å². The quantitative estimate of drug-likeness (QED) is 0.908. The standard InChI is InChI=1S/C17H22N2O2/c1-10-5-4-6-13-11(2)15(21-14(10)13)16(20)19-17(3,9-18)12-7-8-12/h4-6,12H,7-9,18H2,1-3H3,(H,19,20). The van der Waals surface area contributed by atoms with Gasteiger partial charge in [0.05, 0.1) is 5.54 Å². The largest absolute Gasteiger partial charge is 0.450 e. The maximum Gasteiger partial charge on any atom is 0.287 e. The highest BCUT2D eigenvalue weighted by atomic mass is 16.3. The topological polar surface area (TPSA) is 68.3 Å². The average Bonchev–Trinajstić information content (AvgIpc) is 3.25. The van der Waals surface area contributed by atoms with E-state index in [0.717, 1.165) is 34.9 Å². The Bertz CT molecular complexity index is 700. The Morgan fingerprint density at radius 3 is 2.71 bits per heavy atom. The van der Waals surface area contributed by atoms with Crippen LogP contribution in [0.3, 0.4) is 0 Å². The molecule has 4 heteroatoms. The van der Waals surface area contributed by atoms with E-state index in [1.807, 2.05) is 39.0 Å². The third-order valence-corrected chi connectivity index (χ3v) is 4.67. The first-order chi connectivity index (χ1) is 9.96. The van der Waals surface area contributed by atoms with Gasteiger partial charge in [-0.3, -0.25) is 4.79 Å². The fourth-order valence-electron chi connectivity index (χ4n) is 2.96. The Labute approximate surface area is 124 Å². The number of amides is 1. The van der Waals surface area contributed by atoms with Gasteiger partial charge < -0.3 is 15.5 Å². The van der Waals surface area contributed by atoms with Crippen molar-refractivity contribution in [1.82, 2.24) is 5.32 Å². The summed E-state index contributed by atoms with van der Waals surface area (Å²) in [6.45, 7) is 6.38. The SMILES string of the molecule is Cc1c(C(=O)NC(C)(CN)C2CC2)oc2c(C)cccc12. The van der Waals surface area contributed by atoms with Gasteiger partial charge in [-0.15, -0.1) is 0 Å². The zero-order valence-electron chi connectivity index (χ0n) is 12.8. The summed E-state index contributed by atoms with van der Waals surface area (Å²) in [5, 5.41) is 4.09. The van der Waals surface area contributed by atoms with E-state index < -0.39 is 0 Å². The van der Waals surface area contributed by atoms with Crippen molar-refractivity contribution in [3.05, 3.63) is 35.1 Å². The molecule has 3 N–H and O–H groups in total. The fraction of sp³-hybridized carbons (Fsp3) is 0.471. The van der Waals surface area contributed by atoms with Crippen molar-refractivity contribution >= 4 is 16.9 Å². The number of hydrogen-bond donors (Lipinski definition) is 2. The first kappa shape index (κ1) is 14.1. The number of rotatable bonds is 4. The Kier molecular flexibility index (Phi) is 3.29. The maximum absolute atomic E-state index is 12.6. The number of nitrogens with two attached hydrogens (primary N) is 1. The summed E-state index contributed by atoms with van der Waals surface area (Å²) in [5.41, 5.74) is 8.25. The zero-order valence-corrected chi connectivity index (χ0v) is 12.8. The number of aryl methyl sites for hydroxylation is 2. The van der Waals surface area contributed by atoms with Gasteiger partial charge in [0.1, 0.15) is 5.58 Å². The number of fused-ring (bicyclic) bond motifs is 1. The van der Waals surface area contributed by atoms with Crippen LogP contribution in [0.2, 0.25) is 0 Å². The third-order valence-electron chi connectivity index (χ3n) is 4.67. The van der Waals surface area contributed by atoms with E-state index in [4.69, 9.17) is 10.2 Å². The van der Waals surface area contributed by atoms with Crippen LogP contribution in [0.15, 0.2) is 22.6 Å². The molecule has 0 saturated heterocycles. The molecule has 1 saturated carbocycles. The molecule has 1 aromatic carbocycles. The minimum absolute atomic E-state index is 0.164. The van der Waals surface area contributed by atoms with Crippen LogP contribution in [0.4, 0.5) is 0 Å². The molecule has 1 unspecified atom stereocenters. The molecule has 4 nitrogen and oxygen atoms in total. The monoisotopic (exact) mass is 286 g/mol. The molecule has 2 aromatic rings. The Hall–Kier alpha value is -1.81. The van der Waals surface area contributed by atoms with Crippen molar-refractivity contribution in [1.29, 1.82) is 0 Å². The van der Waals surface area contributed by atoms with E-state index in [2.05, 4.69) is 5.32 Å². The average molecular weight is 286 g/mol. The van der Waals surface area contributed by atoms with Crippen LogP contribution >= 0.6 is 0 Å². The highest BCUT2D eigenvalue weighted by molar-refractivity contribution is 5.99. The minimum atomic E-state index is -0.336. The minimum Gasteiger partial charge on any atom is -0.450 e. The number of furan rings is 1. The molecule has 1 heterocycles. The molecule has 1 aliphatic rings. The molecule has 21 heavy (non-hydrogen) atoms. The molecule has 0 aliphatic heterocycles. The predicted molar refractivity (Wildman–Crippen MR) is 83.3 cm³/mol. The zero-order chi connectivity index (χ0) is 15.2. The summed E-state index contributed by atoms with van der Waals surface area (Å²) in [7, 11) is 0. The summed E-state index contributed by atoms with van der Waals surface area (Å²) < 4.78 is 5.83. The first-order valence-corrected chi connectivity index (χ1v) is 7.47. The van der Waals surface area contributed by atoms with Crippen LogP contribution in [0.25, 0.3) is 11.0 Å². The highest BCUT2D eigenvalue weighted by Crippen LogP contribution is 2.39. The molecule has 0 spiro atoms. The molecule has 3 rings (SSSR count). The second-order valence-electron chi connectivity index (χ2n) is 6.36. The summed E-state index contributed by atoms with van der Waals surface area (Å²) in [4.78, 5) is 12.6. The van der Waals surface area contributed by atoms with Crippen LogP contribution in [-0.4, -0.2) is 18.0 Å². The van der Waals surface area contributed by atoms with Crippen molar-refractivity contribution in [2.75, 3.05) is 6.54 Å². The van der Waals surface area contributed by atoms with E-state index in [1.165, 1.54) is 0 Å². The Balaban J connectivity index is 1.95. The molecule has 0 bridgehead atoms. The molecule has 1 aliphatic carbocycles. The number of carbonyl (C=O) groups excluding carboxylic acids is 1. The van der Waals surface area contributed by atoms with Gasteiger partial charge in [0.25, 0.3) is 5.91 Å². The number of hydrogen-bond acceptors (Lipinski definition) is 3. The van der Waals surface area contributed by atoms with Crippen LogP contribution < -0.4 is 11.1 Å². The van der Waals surface area contributed by atoms with Crippen LogP contribution in [0.1, 0.15) is 41.4 Å². The van der Waals surface area contributed by atoms with Gasteiger partial charge in [-0.25, -0.2) is 0 Å². The molecule has 1 amide bonds. The van der Waals surface area contributed by atoms with Gasteiger partial charge in [0.15, 0.2) is 5.76 Å². The summed E-state index contributed by atoms with van der Waals surface area (Å²) in [6, 6.07) is 5.96. The van der Waals surface area contributed by atoms with Crippen molar-refractivity contribution in [2.45, 2.75) is 39.2 Å². The lowest BCUT2D eigenvalue weighted by Crippen LogP contribution is -2.53. The lowest BCUT2D eigenvalue weighted by molar-refractivity contribution is 0.0870. The Morgan fingerprint density at radius 1 is 1.43 bits per heavy atom. The molecule has 1 atom stereocenters. The molecule has 0 radical (unpaired) electrons. The third kappa shape index (κ3) is 2.33. The van der Waals surface area contributed by atoms with Crippen molar-refractivity contribution in [2.24, 2.45) is 11.7 Å². The smallest absolute Gasteiger partial charge is 0.287 e. The van der Waals surface area contributed by atoms with Crippen LogP contribution in [0, 0.1) is 19.8 Å². The van der Waals surface area contributed by atoms with Crippen LogP contribution in [0.5, 0.6) is 0 Å². The summed E-state index contributed by atoms with van der Waals surface area (Å²) >= 11 is 0. The van der Waals surface area contributed by atoms with E-state index in [-0.39, 0.29) is 11.4 Å². The lowest BCUT2D eigenvalue weighted by Gasteiger charge is -2.29. The van der Waals surface area contributed by atoms with E-state index >= 15 is 0 Å². The predicted octanol–water partition coefficient (Wildman–Crippen LogP) is 2.91. The second kappa shape index (κ2) is 4.88. The number of carbonyl (C=O) groups is 1. The number of para-hydroxylation sites is 1. The van der Waals surface area contributed by atoms with Gasteiger partial charge in [-0.2, -0.15) is 0 Å². The normalized spacial score (nSPS) is 17.7. The molecule has 112 valence electrons. The first-order valence-electron chi connectivity index (χ1n) is 7.47. The van der Waals surface area contributed by atoms with Gasteiger partial charge in [0, 0.05) is 17.5 Å². The van der Waals surface area contributed by atoms with Crippen LogP contribution in [-0.2, 0) is 0 Å². The fourth-order valence-corrected chi connectivity index (χ4v) is 2.96. The van der Waals surface area contributed by atoms with Gasteiger partial charge in [-0.1, -0.05) is 18.2 Å². The van der Waals surface area contributed by atoms with Crippen molar-refractivity contribution < 1.29 is 9.21 Å². The number of nitrogens with one attached hydrogen (secondary N) is 1. The summed E-state index contributed by atoms with van der Waals surface area (Å²) in [5.74, 6) is 0.723. The highest BCUT2D eigenvalue weighted by Gasteiger charge is 2.42. The maximum atomic E-state index is 12.6. The summed E-state index contributed by atoms with van der Waals surface area (Å²) in [6.07, 6.45) is 2.26. The molecule has 1 aromatic heterocycles. The molecular weight excluding hydrogens is 264 g/mol.